The highest BCUT2D eigenvalue weighted by molar-refractivity contribution is 5.87. The third kappa shape index (κ3) is 3.14. The number of carboxylic acid groups (broad SMARTS) is 1. The van der Waals surface area contributed by atoms with Crippen molar-refractivity contribution in [3.63, 3.8) is 0 Å². The van der Waals surface area contributed by atoms with Gasteiger partial charge in [-0.1, -0.05) is 18.2 Å². The van der Waals surface area contributed by atoms with Gasteiger partial charge >= 0.3 is 5.97 Å². The molecule has 0 amide bonds. The summed E-state index contributed by atoms with van der Waals surface area (Å²) in [5, 5.41) is 8.92. The molecule has 22 heavy (non-hydrogen) atoms. The van der Waals surface area contributed by atoms with Crippen LogP contribution in [0.25, 0.3) is 0 Å². The van der Waals surface area contributed by atoms with Gasteiger partial charge in [-0.15, -0.1) is 0 Å². The zero-order valence-electron chi connectivity index (χ0n) is 12.8. The van der Waals surface area contributed by atoms with Gasteiger partial charge in [0.05, 0.1) is 26.9 Å². The van der Waals surface area contributed by atoms with Crippen LogP contribution < -0.4 is 14.2 Å². The minimum absolute atomic E-state index is 0.267. The van der Waals surface area contributed by atoms with Crippen LogP contribution in [0.1, 0.15) is 21.5 Å². The Labute approximate surface area is 129 Å². The number of methoxy groups -OCH3 is 3. The molecule has 0 aliphatic rings. The van der Waals surface area contributed by atoms with Gasteiger partial charge < -0.3 is 19.3 Å². The lowest BCUT2D eigenvalue weighted by molar-refractivity contribution is 0.0697. The van der Waals surface area contributed by atoms with Gasteiger partial charge in [0.2, 0.25) is 5.75 Å². The number of hydrogen-bond acceptors (Lipinski definition) is 4. The first-order valence-corrected chi connectivity index (χ1v) is 6.70. The summed E-state index contributed by atoms with van der Waals surface area (Å²) in [4.78, 5) is 10.9. The maximum absolute atomic E-state index is 10.9. The van der Waals surface area contributed by atoms with E-state index < -0.39 is 5.97 Å². The van der Waals surface area contributed by atoms with Crippen LogP contribution in [-0.2, 0) is 6.42 Å². The highest BCUT2D eigenvalue weighted by atomic mass is 16.5. The number of ether oxygens (including phenoxy) is 3. The van der Waals surface area contributed by atoms with E-state index in [0.29, 0.717) is 23.7 Å². The van der Waals surface area contributed by atoms with Crippen molar-refractivity contribution in [1.82, 2.24) is 0 Å². The van der Waals surface area contributed by atoms with Crippen molar-refractivity contribution >= 4 is 5.97 Å². The van der Waals surface area contributed by atoms with Crippen molar-refractivity contribution in [3.8, 4) is 17.2 Å². The number of hydrogen-bond donors (Lipinski definition) is 1. The molecule has 0 spiro atoms. The molecule has 116 valence electrons. The van der Waals surface area contributed by atoms with E-state index in [1.807, 2.05) is 12.1 Å². The maximum atomic E-state index is 10.9. The van der Waals surface area contributed by atoms with Gasteiger partial charge in [-0.2, -0.15) is 0 Å². The number of benzene rings is 2. The fraction of sp³-hybridized carbons (Fsp3) is 0.235. The molecule has 0 aliphatic carbocycles. The smallest absolute Gasteiger partial charge is 0.335 e. The molecular formula is C17H18O5. The quantitative estimate of drug-likeness (QED) is 0.888. The lowest BCUT2D eigenvalue weighted by Gasteiger charge is -2.15. The second kappa shape index (κ2) is 6.85. The molecular weight excluding hydrogens is 284 g/mol. The van der Waals surface area contributed by atoms with Gasteiger partial charge in [-0.25, -0.2) is 4.79 Å². The van der Waals surface area contributed by atoms with Crippen LogP contribution in [-0.4, -0.2) is 32.4 Å². The molecule has 5 nitrogen and oxygen atoms in total. The summed E-state index contributed by atoms with van der Waals surface area (Å²) in [5.41, 5.74) is 2.18. The van der Waals surface area contributed by atoms with Crippen molar-refractivity contribution < 1.29 is 24.1 Å². The Hall–Kier alpha value is -2.69. The Morgan fingerprint density at radius 1 is 0.909 bits per heavy atom. The van der Waals surface area contributed by atoms with Crippen LogP contribution in [0.5, 0.6) is 17.2 Å². The Balaban J connectivity index is 2.34. The van der Waals surface area contributed by atoms with Crippen molar-refractivity contribution in [2.45, 2.75) is 6.42 Å². The largest absolute Gasteiger partial charge is 0.493 e. The van der Waals surface area contributed by atoms with E-state index in [1.54, 1.807) is 45.6 Å². The lowest BCUT2D eigenvalue weighted by Crippen LogP contribution is -2.00. The molecule has 2 rings (SSSR count). The average Bonchev–Trinajstić information content (AvgIpc) is 2.54. The fourth-order valence-electron chi connectivity index (χ4n) is 2.29. The topological polar surface area (TPSA) is 65.0 Å². The standard InChI is InChI=1S/C17H18O5/c1-20-14-9-8-13(15(21-2)16(14)22-3)10-11-4-6-12(7-5-11)17(18)19/h4-9H,10H2,1-3H3,(H,18,19). The van der Waals surface area contributed by atoms with Crippen LogP contribution in [0.3, 0.4) is 0 Å². The first-order chi connectivity index (χ1) is 10.6. The van der Waals surface area contributed by atoms with Gasteiger partial charge in [0.15, 0.2) is 11.5 Å². The van der Waals surface area contributed by atoms with Crippen LogP contribution in [0.15, 0.2) is 36.4 Å². The Morgan fingerprint density at radius 2 is 1.55 bits per heavy atom. The molecule has 0 unspecified atom stereocenters. The predicted octanol–water partition coefficient (Wildman–Crippen LogP) is 3.00. The SMILES string of the molecule is COc1ccc(Cc2ccc(C(=O)O)cc2)c(OC)c1OC. The molecule has 0 radical (unpaired) electrons. The number of aromatic carboxylic acids is 1. The summed E-state index contributed by atoms with van der Waals surface area (Å²) in [6.07, 6.45) is 0.601. The van der Waals surface area contributed by atoms with Crippen LogP contribution in [0.4, 0.5) is 0 Å². The number of rotatable bonds is 6. The van der Waals surface area contributed by atoms with E-state index in [0.717, 1.165) is 11.1 Å². The van der Waals surface area contributed by atoms with Gasteiger partial charge in [0.1, 0.15) is 0 Å². The fourth-order valence-corrected chi connectivity index (χ4v) is 2.29. The zero-order valence-corrected chi connectivity index (χ0v) is 12.8. The van der Waals surface area contributed by atoms with Gasteiger partial charge in [0.25, 0.3) is 0 Å². The third-order valence-corrected chi connectivity index (χ3v) is 3.38. The van der Waals surface area contributed by atoms with Gasteiger partial charge in [-0.3, -0.25) is 0 Å². The summed E-state index contributed by atoms with van der Waals surface area (Å²) in [6.45, 7) is 0. The summed E-state index contributed by atoms with van der Waals surface area (Å²) < 4.78 is 16.1. The molecule has 0 bridgehead atoms. The van der Waals surface area contributed by atoms with Crippen LogP contribution >= 0.6 is 0 Å². The number of carbonyl (C=O) groups is 1. The van der Waals surface area contributed by atoms with Crippen molar-refractivity contribution in [3.05, 3.63) is 53.1 Å². The van der Waals surface area contributed by atoms with Crippen LogP contribution in [0.2, 0.25) is 0 Å². The second-order valence-electron chi connectivity index (χ2n) is 4.67. The Bertz CT molecular complexity index is 661. The molecule has 2 aromatic carbocycles. The normalized spacial score (nSPS) is 10.1. The molecule has 0 saturated carbocycles. The first kappa shape index (κ1) is 15.7. The third-order valence-electron chi connectivity index (χ3n) is 3.38. The van der Waals surface area contributed by atoms with E-state index in [-0.39, 0.29) is 5.56 Å². The minimum atomic E-state index is -0.935. The Morgan fingerprint density at radius 3 is 2.05 bits per heavy atom. The highest BCUT2D eigenvalue weighted by Gasteiger charge is 2.16. The van der Waals surface area contributed by atoms with E-state index in [4.69, 9.17) is 19.3 Å². The molecule has 1 N–H and O–H groups in total. The van der Waals surface area contributed by atoms with E-state index >= 15 is 0 Å². The second-order valence-corrected chi connectivity index (χ2v) is 4.67. The van der Waals surface area contributed by atoms with Crippen molar-refractivity contribution in [2.24, 2.45) is 0 Å². The summed E-state index contributed by atoms with van der Waals surface area (Å²) >= 11 is 0. The summed E-state index contributed by atoms with van der Waals surface area (Å²) in [6, 6.07) is 10.5. The summed E-state index contributed by atoms with van der Waals surface area (Å²) in [7, 11) is 4.71. The molecule has 0 heterocycles. The first-order valence-electron chi connectivity index (χ1n) is 6.70. The monoisotopic (exact) mass is 302 g/mol. The molecule has 0 aromatic heterocycles. The molecule has 0 fully saturated rings. The molecule has 0 aliphatic heterocycles. The molecule has 2 aromatic rings. The van der Waals surface area contributed by atoms with Crippen molar-refractivity contribution in [1.29, 1.82) is 0 Å². The highest BCUT2D eigenvalue weighted by Crippen LogP contribution is 2.40. The molecule has 5 heteroatoms. The predicted molar refractivity (Wildman–Crippen MR) is 82.3 cm³/mol. The minimum Gasteiger partial charge on any atom is -0.493 e. The van der Waals surface area contributed by atoms with Gasteiger partial charge in [-0.05, 0) is 23.8 Å². The zero-order chi connectivity index (χ0) is 16.1. The van der Waals surface area contributed by atoms with E-state index in [1.165, 1.54) is 0 Å². The van der Waals surface area contributed by atoms with E-state index in [2.05, 4.69) is 0 Å². The van der Waals surface area contributed by atoms with Crippen molar-refractivity contribution in [2.75, 3.05) is 21.3 Å². The summed E-state index contributed by atoms with van der Waals surface area (Å²) in [5.74, 6) is 0.827. The maximum Gasteiger partial charge on any atom is 0.335 e. The lowest BCUT2D eigenvalue weighted by atomic mass is 10.0. The molecule has 0 saturated heterocycles. The Kier molecular flexibility index (Phi) is 4.88. The number of carboxylic acids is 1. The van der Waals surface area contributed by atoms with Gasteiger partial charge in [0, 0.05) is 12.0 Å². The average molecular weight is 302 g/mol. The molecule has 0 atom stereocenters. The van der Waals surface area contributed by atoms with Crippen LogP contribution in [0, 0.1) is 0 Å². The van der Waals surface area contributed by atoms with E-state index in [9.17, 15) is 4.79 Å².